The Morgan fingerprint density at radius 3 is 2.45 bits per heavy atom. The zero-order valence-electron chi connectivity index (χ0n) is 16.5. The molecule has 5 aromatic rings. The van der Waals surface area contributed by atoms with Crippen LogP contribution in [0, 0.1) is 19.1 Å². The number of nitrogens with zero attached hydrogens (tertiary/aromatic N) is 2. The fraction of sp³-hybridized carbons (Fsp3) is 0.0769. The minimum absolute atomic E-state index is 0. The molecule has 29 heavy (non-hydrogen) atoms. The van der Waals surface area contributed by atoms with Crippen molar-refractivity contribution in [3.63, 3.8) is 0 Å². The Kier molecular flexibility index (Phi) is 5.58. The summed E-state index contributed by atoms with van der Waals surface area (Å²) in [5.41, 5.74) is 5.49. The summed E-state index contributed by atoms with van der Waals surface area (Å²) >= 11 is 0. The molecule has 0 unspecified atom stereocenters. The van der Waals surface area contributed by atoms with Crippen LogP contribution in [0.3, 0.4) is 0 Å². The monoisotopic (exact) mass is 448 g/mol. The SMILES string of the molecule is Cc1ccc(-c2[c-]c3ccc4ccccc4c3cc2)[c-]c1-c1ccnc[n+]1C.[Y]. The van der Waals surface area contributed by atoms with Gasteiger partial charge in [0.25, 0.3) is 6.33 Å². The van der Waals surface area contributed by atoms with Gasteiger partial charge in [-0.2, -0.15) is 35.4 Å². The average molecular weight is 448 g/mol. The van der Waals surface area contributed by atoms with Gasteiger partial charge in [-0.3, -0.25) is 4.57 Å². The van der Waals surface area contributed by atoms with Gasteiger partial charge in [0, 0.05) is 32.7 Å². The number of aryl methyl sites for hydroxylation is 2. The molecule has 0 aliphatic heterocycles. The van der Waals surface area contributed by atoms with E-state index in [4.69, 9.17) is 0 Å². The molecule has 0 saturated carbocycles. The maximum absolute atomic E-state index is 4.18. The summed E-state index contributed by atoms with van der Waals surface area (Å²) in [6, 6.07) is 30.7. The quantitative estimate of drug-likeness (QED) is 0.199. The van der Waals surface area contributed by atoms with Gasteiger partial charge in [-0.05, 0) is 16.8 Å². The van der Waals surface area contributed by atoms with Gasteiger partial charge in [-0.1, -0.05) is 53.2 Å². The predicted octanol–water partition coefficient (Wildman–Crippen LogP) is 5.45. The Morgan fingerprint density at radius 2 is 1.59 bits per heavy atom. The summed E-state index contributed by atoms with van der Waals surface area (Å²) in [7, 11) is 2.01. The van der Waals surface area contributed by atoms with Crippen molar-refractivity contribution < 1.29 is 37.3 Å². The molecule has 1 aromatic heterocycles. The van der Waals surface area contributed by atoms with Crippen LogP contribution in [-0.4, -0.2) is 4.98 Å². The number of fused-ring (bicyclic) bond motifs is 3. The first-order valence-corrected chi connectivity index (χ1v) is 9.38. The number of hydrogen-bond acceptors (Lipinski definition) is 1. The molecule has 0 spiro atoms. The minimum Gasteiger partial charge on any atom is -0.266 e. The van der Waals surface area contributed by atoms with Gasteiger partial charge in [-0.15, -0.1) is 29.1 Å². The Bertz CT molecular complexity index is 1340. The summed E-state index contributed by atoms with van der Waals surface area (Å²) in [6.07, 6.45) is 3.64. The van der Waals surface area contributed by atoms with Gasteiger partial charge in [0.05, 0.1) is 12.7 Å². The number of aromatic nitrogens is 2. The van der Waals surface area contributed by atoms with Crippen LogP contribution in [0.5, 0.6) is 0 Å². The van der Waals surface area contributed by atoms with E-state index in [-0.39, 0.29) is 32.7 Å². The molecule has 137 valence electrons. The number of hydrogen-bond donors (Lipinski definition) is 0. The van der Waals surface area contributed by atoms with E-state index >= 15 is 0 Å². The van der Waals surface area contributed by atoms with E-state index in [1.165, 1.54) is 21.7 Å². The maximum atomic E-state index is 4.18. The summed E-state index contributed by atoms with van der Waals surface area (Å²) in [4.78, 5) is 4.18. The van der Waals surface area contributed by atoms with Crippen LogP contribution in [0.2, 0.25) is 0 Å². The van der Waals surface area contributed by atoms with E-state index in [1.54, 1.807) is 0 Å². The van der Waals surface area contributed by atoms with Crippen molar-refractivity contribution in [3.8, 4) is 22.4 Å². The second kappa shape index (κ2) is 8.14. The van der Waals surface area contributed by atoms with Gasteiger partial charge < -0.3 is 0 Å². The maximum Gasteiger partial charge on any atom is 0.279 e. The molecular weight excluding hydrogens is 429 g/mol. The molecule has 1 radical (unpaired) electrons. The van der Waals surface area contributed by atoms with Crippen molar-refractivity contribution in [1.29, 1.82) is 0 Å². The molecule has 0 fully saturated rings. The van der Waals surface area contributed by atoms with Crippen LogP contribution in [0.1, 0.15) is 5.56 Å². The molecule has 0 N–H and O–H groups in total. The van der Waals surface area contributed by atoms with Crippen LogP contribution in [-0.2, 0) is 39.8 Å². The summed E-state index contributed by atoms with van der Waals surface area (Å²) in [5, 5.41) is 4.88. The third-order valence-electron chi connectivity index (χ3n) is 5.30. The van der Waals surface area contributed by atoms with Crippen molar-refractivity contribution in [2.24, 2.45) is 7.05 Å². The van der Waals surface area contributed by atoms with E-state index in [0.29, 0.717) is 0 Å². The van der Waals surface area contributed by atoms with Gasteiger partial charge in [0.1, 0.15) is 6.20 Å². The molecule has 5 rings (SSSR count). The van der Waals surface area contributed by atoms with Crippen molar-refractivity contribution in [1.82, 2.24) is 4.98 Å². The van der Waals surface area contributed by atoms with E-state index in [0.717, 1.165) is 27.8 Å². The molecule has 0 atom stereocenters. The summed E-state index contributed by atoms with van der Waals surface area (Å²) in [6.45, 7) is 2.12. The van der Waals surface area contributed by atoms with Gasteiger partial charge in [0.15, 0.2) is 0 Å². The normalized spacial score (nSPS) is 10.8. The standard InChI is InChI=1S/C26H19N2.Y/c1-18-7-8-21(16-25(18)26-13-14-27-17-28(26)2)20-11-12-24-22(15-20)10-9-19-5-3-4-6-23(19)24;/h3-14,17H,1-2H3;/q-1;. The van der Waals surface area contributed by atoms with E-state index in [2.05, 4.69) is 84.7 Å². The molecule has 0 amide bonds. The van der Waals surface area contributed by atoms with Crippen LogP contribution in [0.4, 0.5) is 0 Å². The van der Waals surface area contributed by atoms with Gasteiger partial charge in [0.2, 0.25) is 0 Å². The Balaban J connectivity index is 0.00000205. The molecule has 3 heteroatoms. The van der Waals surface area contributed by atoms with Crippen LogP contribution < -0.4 is 4.57 Å². The molecule has 2 nitrogen and oxygen atoms in total. The molecule has 0 aliphatic carbocycles. The van der Waals surface area contributed by atoms with Crippen LogP contribution in [0.25, 0.3) is 43.9 Å². The molecule has 0 saturated heterocycles. The fourth-order valence-electron chi connectivity index (χ4n) is 3.78. The van der Waals surface area contributed by atoms with Crippen LogP contribution >= 0.6 is 0 Å². The van der Waals surface area contributed by atoms with Crippen molar-refractivity contribution in [3.05, 3.63) is 97.0 Å². The zero-order chi connectivity index (χ0) is 19.1. The van der Waals surface area contributed by atoms with Crippen molar-refractivity contribution in [2.75, 3.05) is 0 Å². The smallest absolute Gasteiger partial charge is 0.266 e. The second-order valence-electron chi connectivity index (χ2n) is 7.13. The first-order valence-electron chi connectivity index (χ1n) is 9.38. The van der Waals surface area contributed by atoms with E-state index < -0.39 is 0 Å². The van der Waals surface area contributed by atoms with E-state index in [9.17, 15) is 0 Å². The molecule has 0 aliphatic rings. The predicted molar refractivity (Wildman–Crippen MR) is 114 cm³/mol. The Labute approximate surface area is 196 Å². The molecule has 4 aromatic carbocycles. The summed E-state index contributed by atoms with van der Waals surface area (Å²) < 4.78 is 2.03. The second-order valence-corrected chi connectivity index (χ2v) is 7.13. The third kappa shape index (κ3) is 3.63. The first kappa shape index (κ1) is 19.9. The minimum atomic E-state index is 0. The Morgan fingerprint density at radius 1 is 0.793 bits per heavy atom. The summed E-state index contributed by atoms with van der Waals surface area (Å²) in [5.74, 6) is 0. The number of rotatable bonds is 2. The fourth-order valence-corrected chi connectivity index (χ4v) is 3.78. The van der Waals surface area contributed by atoms with Crippen LogP contribution in [0.15, 0.2) is 79.3 Å². The largest absolute Gasteiger partial charge is 0.279 e. The first-order chi connectivity index (χ1) is 13.7. The topological polar surface area (TPSA) is 16.8 Å². The van der Waals surface area contributed by atoms with Crippen molar-refractivity contribution >= 4 is 21.5 Å². The number of benzene rings is 4. The van der Waals surface area contributed by atoms with Gasteiger partial charge in [-0.25, -0.2) is 0 Å². The van der Waals surface area contributed by atoms with Crippen molar-refractivity contribution in [2.45, 2.75) is 6.92 Å². The molecule has 0 bridgehead atoms. The Hall–Kier alpha value is -2.42. The van der Waals surface area contributed by atoms with E-state index in [1.807, 2.05) is 30.2 Å². The molecule has 1 heterocycles. The van der Waals surface area contributed by atoms with Gasteiger partial charge >= 0.3 is 0 Å². The molecular formula is C26H19N2Y-. The third-order valence-corrected chi connectivity index (χ3v) is 5.30. The average Bonchev–Trinajstić information content (AvgIpc) is 2.74. The zero-order valence-corrected chi connectivity index (χ0v) is 19.3.